The molecule has 1 aromatic heterocycles. The van der Waals surface area contributed by atoms with Gasteiger partial charge in [0.05, 0.1) is 16.9 Å². The van der Waals surface area contributed by atoms with Gasteiger partial charge in [-0.2, -0.15) is 5.10 Å². The molecule has 0 aliphatic rings. The summed E-state index contributed by atoms with van der Waals surface area (Å²) < 4.78 is 1.83. The molecule has 3 aromatic rings. The fraction of sp³-hybridized carbons (Fsp3) is 0.0625. The molecule has 0 aliphatic carbocycles. The molecular weight excluding hydrogens is 286 g/mol. The summed E-state index contributed by atoms with van der Waals surface area (Å²) in [4.78, 5) is 0. The zero-order valence-corrected chi connectivity index (χ0v) is 12.0. The van der Waals surface area contributed by atoms with E-state index >= 15 is 0 Å². The molecule has 0 aliphatic heterocycles. The van der Waals surface area contributed by atoms with Crippen molar-refractivity contribution in [3.05, 3.63) is 71.5 Å². The minimum atomic E-state index is 0.0825. The lowest BCUT2D eigenvalue weighted by molar-refractivity contribution is 0.475. The number of aromatic nitrogens is 2. The van der Waals surface area contributed by atoms with Crippen molar-refractivity contribution >= 4 is 17.3 Å². The van der Waals surface area contributed by atoms with E-state index in [1.54, 1.807) is 18.2 Å². The molecule has 0 atom stereocenters. The number of para-hydroxylation sites is 1. The number of phenols is 1. The van der Waals surface area contributed by atoms with E-state index in [-0.39, 0.29) is 5.75 Å². The second-order valence-electron chi connectivity index (χ2n) is 4.65. The molecule has 21 heavy (non-hydrogen) atoms. The molecule has 0 saturated heterocycles. The molecule has 2 N–H and O–H groups in total. The Morgan fingerprint density at radius 2 is 1.95 bits per heavy atom. The molecule has 106 valence electrons. The van der Waals surface area contributed by atoms with Gasteiger partial charge in [-0.3, -0.25) is 0 Å². The van der Waals surface area contributed by atoms with Gasteiger partial charge >= 0.3 is 0 Å². The maximum atomic E-state index is 9.39. The Morgan fingerprint density at radius 3 is 2.71 bits per heavy atom. The Bertz CT molecular complexity index is 740. The maximum absolute atomic E-state index is 9.39. The van der Waals surface area contributed by atoms with Crippen molar-refractivity contribution in [2.75, 3.05) is 5.32 Å². The van der Waals surface area contributed by atoms with Gasteiger partial charge in [0.1, 0.15) is 5.75 Å². The van der Waals surface area contributed by atoms with E-state index in [1.165, 1.54) is 0 Å². The first-order chi connectivity index (χ1) is 10.2. The van der Waals surface area contributed by atoms with Gasteiger partial charge < -0.3 is 10.4 Å². The van der Waals surface area contributed by atoms with Crippen LogP contribution >= 0.6 is 11.6 Å². The molecule has 0 radical (unpaired) electrons. The molecular formula is C16H14ClN3O. The zero-order valence-electron chi connectivity index (χ0n) is 11.2. The lowest BCUT2D eigenvalue weighted by Gasteiger charge is -2.06. The Morgan fingerprint density at radius 1 is 1.14 bits per heavy atom. The number of benzene rings is 2. The second kappa shape index (κ2) is 5.89. The number of nitrogens with zero attached hydrogens (tertiary/aromatic N) is 2. The van der Waals surface area contributed by atoms with Crippen molar-refractivity contribution in [2.45, 2.75) is 6.54 Å². The van der Waals surface area contributed by atoms with Gasteiger partial charge in [0.15, 0.2) is 0 Å². The van der Waals surface area contributed by atoms with Crippen LogP contribution in [0.25, 0.3) is 5.69 Å². The lowest BCUT2D eigenvalue weighted by Crippen LogP contribution is -1.98. The summed E-state index contributed by atoms with van der Waals surface area (Å²) in [7, 11) is 0. The minimum Gasteiger partial charge on any atom is -0.506 e. The quantitative estimate of drug-likeness (QED) is 0.720. The van der Waals surface area contributed by atoms with Gasteiger partial charge in [-0.1, -0.05) is 29.8 Å². The number of aromatic hydroxyl groups is 1. The fourth-order valence-corrected chi connectivity index (χ4v) is 2.17. The number of rotatable bonds is 4. The summed E-state index contributed by atoms with van der Waals surface area (Å²) in [6.07, 6.45) is 3.80. The van der Waals surface area contributed by atoms with Gasteiger partial charge in [0, 0.05) is 24.0 Å². The van der Waals surface area contributed by atoms with Crippen LogP contribution in [0.15, 0.2) is 60.9 Å². The summed E-state index contributed by atoms with van der Waals surface area (Å²) in [6.45, 7) is 0.633. The van der Waals surface area contributed by atoms with Crippen LogP contribution < -0.4 is 5.32 Å². The van der Waals surface area contributed by atoms with Crippen molar-refractivity contribution in [3.63, 3.8) is 0 Å². The summed E-state index contributed by atoms with van der Waals surface area (Å²) in [5.74, 6) is 0.0825. The van der Waals surface area contributed by atoms with Gasteiger partial charge in [-0.25, -0.2) is 4.68 Å². The SMILES string of the molecule is Oc1ccc(NCc2cnn(-c3ccccc3)c2)cc1Cl. The molecule has 0 amide bonds. The molecule has 0 bridgehead atoms. The number of anilines is 1. The third-order valence-corrected chi connectivity index (χ3v) is 3.40. The van der Waals surface area contributed by atoms with Crippen LogP contribution in [0.4, 0.5) is 5.69 Å². The first-order valence-electron chi connectivity index (χ1n) is 6.54. The number of halogens is 1. The zero-order chi connectivity index (χ0) is 14.7. The number of nitrogens with one attached hydrogen (secondary N) is 1. The third kappa shape index (κ3) is 3.17. The molecule has 0 saturated carbocycles. The molecule has 1 heterocycles. The average Bonchev–Trinajstić information content (AvgIpc) is 2.98. The maximum Gasteiger partial charge on any atom is 0.134 e. The van der Waals surface area contributed by atoms with E-state index in [1.807, 2.05) is 47.4 Å². The van der Waals surface area contributed by atoms with Crippen LogP contribution in [0.5, 0.6) is 5.75 Å². The van der Waals surface area contributed by atoms with E-state index < -0.39 is 0 Å². The molecule has 5 heteroatoms. The lowest BCUT2D eigenvalue weighted by atomic mass is 10.3. The highest BCUT2D eigenvalue weighted by Gasteiger charge is 2.02. The number of hydrogen-bond acceptors (Lipinski definition) is 3. The summed E-state index contributed by atoms with van der Waals surface area (Å²) in [6, 6.07) is 15.0. The van der Waals surface area contributed by atoms with Crippen LogP contribution in [0.2, 0.25) is 5.02 Å². The highest BCUT2D eigenvalue weighted by Crippen LogP contribution is 2.26. The first kappa shape index (κ1) is 13.5. The van der Waals surface area contributed by atoms with E-state index in [2.05, 4.69) is 10.4 Å². The molecule has 4 nitrogen and oxygen atoms in total. The Labute approximate surface area is 127 Å². The van der Waals surface area contributed by atoms with Crippen molar-refractivity contribution in [1.29, 1.82) is 0 Å². The predicted octanol–water partition coefficient (Wildman–Crippen LogP) is 3.84. The fourth-order valence-electron chi connectivity index (χ4n) is 1.99. The highest BCUT2D eigenvalue weighted by molar-refractivity contribution is 6.32. The highest BCUT2D eigenvalue weighted by atomic mass is 35.5. The van der Waals surface area contributed by atoms with Crippen molar-refractivity contribution in [1.82, 2.24) is 9.78 Å². The topological polar surface area (TPSA) is 50.1 Å². The van der Waals surface area contributed by atoms with Gasteiger partial charge in [-0.15, -0.1) is 0 Å². The summed E-state index contributed by atoms with van der Waals surface area (Å²) in [5.41, 5.74) is 2.93. The Hall–Kier alpha value is -2.46. The van der Waals surface area contributed by atoms with Crippen molar-refractivity contribution in [2.24, 2.45) is 0 Å². The van der Waals surface area contributed by atoms with Crippen LogP contribution in [0, 0.1) is 0 Å². The normalized spacial score (nSPS) is 10.5. The monoisotopic (exact) mass is 299 g/mol. The predicted molar refractivity (Wildman–Crippen MR) is 84.0 cm³/mol. The summed E-state index contributed by atoms with van der Waals surface area (Å²) >= 11 is 5.87. The van der Waals surface area contributed by atoms with Crippen LogP contribution in [-0.2, 0) is 6.54 Å². The molecule has 0 fully saturated rings. The largest absolute Gasteiger partial charge is 0.506 e. The summed E-state index contributed by atoms with van der Waals surface area (Å²) in [5, 5.41) is 17.3. The van der Waals surface area contributed by atoms with E-state index in [0.29, 0.717) is 11.6 Å². The third-order valence-electron chi connectivity index (χ3n) is 3.10. The Balaban J connectivity index is 1.69. The van der Waals surface area contributed by atoms with Crippen molar-refractivity contribution in [3.8, 4) is 11.4 Å². The van der Waals surface area contributed by atoms with E-state index in [0.717, 1.165) is 16.9 Å². The van der Waals surface area contributed by atoms with Crippen LogP contribution in [0.3, 0.4) is 0 Å². The van der Waals surface area contributed by atoms with Gasteiger partial charge in [0.25, 0.3) is 0 Å². The van der Waals surface area contributed by atoms with E-state index in [4.69, 9.17) is 11.6 Å². The van der Waals surface area contributed by atoms with Gasteiger partial charge in [0.2, 0.25) is 0 Å². The van der Waals surface area contributed by atoms with Crippen LogP contribution in [0.1, 0.15) is 5.56 Å². The van der Waals surface area contributed by atoms with Gasteiger partial charge in [-0.05, 0) is 30.3 Å². The Kier molecular flexibility index (Phi) is 3.79. The molecule has 3 rings (SSSR count). The standard InChI is InChI=1S/C16H14ClN3O/c17-15-8-13(6-7-16(15)21)18-9-12-10-19-20(11-12)14-4-2-1-3-5-14/h1-8,10-11,18,21H,9H2. The number of hydrogen-bond donors (Lipinski definition) is 2. The molecule has 0 spiro atoms. The van der Waals surface area contributed by atoms with Crippen molar-refractivity contribution < 1.29 is 5.11 Å². The molecule has 0 unspecified atom stereocenters. The average molecular weight is 300 g/mol. The molecule has 2 aromatic carbocycles. The number of phenolic OH excluding ortho intramolecular Hbond substituents is 1. The van der Waals surface area contributed by atoms with Crippen LogP contribution in [-0.4, -0.2) is 14.9 Å². The second-order valence-corrected chi connectivity index (χ2v) is 5.06. The first-order valence-corrected chi connectivity index (χ1v) is 6.91. The smallest absolute Gasteiger partial charge is 0.134 e. The minimum absolute atomic E-state index is 0.0825. The van der Waals surface area contributed by atoms with E-state index in [9.17, 15) is 5.11 Å².